The number of carboxylic acid groups (broad SMARTS) is 1. The Bertz CT molecular complexity index is 1550. The molecular weight excluding hydrogens is 482 g/mol. The van der Waals surface area contributed by atoms with Gasteiger partial charge in [0, 0.05) is 34.8 Å². The van der Waals surface area contributed by atoms with Gasteiger partial charge >= 0.3 is 11.9 Å². The second kappa shape index (κ2) is 10.8. The number of carboxylic acids is 1. The van der Waals surface area contributed by atoms with E-state index in [1.807, 2.05) is 18.2 Å². The number of hydrogen-bond donors (Lipinski definition) is 1. The van der Waals surface area contributed by atoms with Gasteiger partial charge in [0.15, 0.2) is 0 Å². The summed E-state index contributed by atoms with van der Waals surface area (Å²) in [5.41, 5.74) is 6.09. The molecule has 0 bridgehead atoms. The summed E-state index contributed by atoms with van der Waals surface area (Å²) >= 11 is 0. The van der Waals surface area contributed by atoms with E-state index in [9.17, 15) is 14.7 Å². The van der Waals surface area contributed by atoms with E-state index in [1.165, 1.54) is 12.7 Å². The summed E-state index contributed by atoms with van der Waals surface area (Å²) < 4.78 is 18.4. The molecule has 0 saturated carbocycles. The van der Waals surface area contributed by atoms with Crippen LogP contribution in [0.3, 0.4) is 0 Å². The molecule has 0 aliphatic heterocycles. The molecule has 194 valence electrons. The molecule has 0 atom stereocenters. The highest BCUT2D eigenvalue weighted by Crippen LogP contribution is 2.39. The molecule has 0 saturated heterocycles. The fourth-order valence-electron chi connectivity index (χ4n) is 5.07. The van der Waals surface area contributed by atoms with Crippen molar-refractivity contribution in [1.82, 2.24) is 4.57 Å². The van der Waals surface area contributed by atoms with E-state index in [4.69, 9.17) is 14.2 Å². The Morgan fingerprint density at radius 3 is 2.61 bits per heavy atom. The first-order valence-corrected chi connectivity index (χ1v) is 12.5. The van der Waals surface area contributed by atoms with Gasteiger partial charge in [0.1, 0.15) is 11.5 Å². The van der Waals surface area contributed by atoms with Crippen molar-refractivity contribution in [2.24, 2.45) is 0 Å². The smallest absolute Gasteiger partial charge is 0.337 e. The van der Waals surface area contributed by atoms with Crippen LogP contribution in [0.4, 0.5) is 0 Å². The van der Waals surface area contributed by atoms with Gasteiger partial charge in [-0.25, -0.2) is 9.59 Å². The molecule has 38 heavy (non-hydrogen) atoms. The Balaban J connectivity index is 1.43. The van der Waals surface area contributed by atoms with Crippen molar-refractivity contribution in [2.75, 3.05) is 20.8 Å². The predicted octanol–water partition coefficient (Wildman–Crippen LogP) is 5.98. The molecule has 7 heteroatoms. The van der Waals surface area contributed by atoms with Crippen LogP contribution in [0.2, 0.25) is 0 Å². The molecule has 0 radical (unpaired) electrons. The van der Waals surface area contributed by atoms with E-state index in [2.05, 4.69) is 22.9 Å². The molecule has 1 aliphatic rings. The lowest BCUT2D eigenvalue weighted by atomic mass is 9.86. The van der Waals surface area contributed by atoms with E-state index >= 15 is 0 Å². The number of methoxy groups -OCH3 is 2. The zero-order valence-corrected chi connectivity index (χ0v) is 21.4. The van der Waals surface area contributed by atoms with Crippen molar-refractivity contribution in [2.45, 2.75) is 25.8 Å². The molecule has 7 nitrogen and oxygen atoms in total. The first-order valence-electron chi connectivity index (χ1n) is 12.5. The number of aromatic carboxylic acids is 1. The Labute approximate surface area is 220 Å². The number of aromatic nitrogens is 1. The summed E-state index contributed by atoms with van der Waals surface area (Å²) in [7, 11) is 3.04. The van der Waals surface area contributed by atoms with E-state index in [-0.39, 0.29) is 5.56 Å². The number of carbonyl (C=O) groups is 2. The number of nitrogens with zero attached hydrogens (tertiary/aromatic N) is 1. The van der Waals surface area contributed by atoms with Gasteiger partial charge in [0.05, 0.1) is 32.0 Å². The maximum Gasteiger partial charge on any atom is 0.337 e. The monoisotopic (exact) mass is 511 g/mol. The first kappa shape index (κ1) is 25.1. The zero-order valence-electron chi connectivity index (χ0n) is 21.4. The van der Waals surface area contributed by atoms with Gasteiger partial charge in [-0.2, -0.15) is 0 Å². The van der Waals surface area contributed by atoms with Gasteiger partial charge in [-0.15, -0.1) is 0 Å². The van der Waals surface area contributed by atoms with Gasteiger partial charge in [-0.3, -0.25) is 0 Å². The summed E-state index contributed by atoms with van der Waals surface area (Å²) in [6.45, 7) is 1.06. The second-order valence-electron chi connectivity index (χ2n) is 9.14. The third-order valence-corrected chi connectivity index (χ3v) is 6.87. The molecule has 5 rings (SSSR count). The Hall–Kier alpha value is -4.52. The summed E-state index contributed by atoms with van der Waals surface area (Å²) in [4.78, 5) is 23.5. The van der Waals surface area contributed by atoms with Crippen LogP contribution in [0.15, 0.2) is 72.9 Å². The van der Waals surface area contributed by atoms with Crippen LogP contribution in [-0.4, -0.2) is 42.4 Å². The van der Waals surface area contributed by atoms with E-state index < -0.39 is 11.9 Å². The van der Waals surface area contributed by atoms with Crippen LogP contribution in [0, 0.1) is 0 Å². The molecule has 3 aromatic carbocycles. The normalized spacial score (nSPS) is 12.5. The van der Waals surface area contributed by atoms with Crippen LogP contribution in [0.25, 0.3) is 16.5 Å². The van der Waals surface area contributed by atoms with Crippen LogP contribution >= 0.6 is 0 Å². The highest BCUT2D eigenvalue weighted by Gasteiger charge is 2.21. The van der Waals surface area contributed by atoms with Crippen molar-refractivity contribution in [3.63, 3.8) is 0 Å². The lowest BCUT2D eigenvalue weighted by molar-refractivity contribution is 0.0599. The predicted molar refractivity (Wildman–Crippen MR) is 145 cm³/mol. The average molecular weight is 512 g/mol. The Kier molecular flexibility index (Phi) is 7.18. The third-order valence-electron chi connectivity index (χ3n) is 6.87. The average Bonchev–Trinajstić information content (AvgIpc) is 3.31. The highest BCUT2D eigenvalue weighted by molar-refractivity contribution is 6.01. The molecule has 4 aromatic rings. The standard InChI is InChI=1S/C31H29NO6/c1-36-29-12-5-10-23-24(9-4-11-26(23)29)27-19-32(28-18-20(30(33)34)13-14-25(27)28)15-6-16-38-22-8-3-7-21(17-22)31(35)37-2/h3,5,7-10,12-14,17-19H,4,6,11,15-16H2,1-2H3,(H,33,34). The summed E-state index contributed by atoms with van der Waals surface area (Å²) in [5, 5.41) is 10.6. The molecule has 1 N–H and O–H groups in total. The number of allylic oxidation sites excluding steroid dienone is 1. The Morgan fingerprint density at radius 1 is 0.974 bits per heavy atom. The Morgan fingerprint density at radius 2 is 1.82 bits per heavy atom. The molecule has 0 unspecified atom stereocenters. The van der Waals surface area contributed by atoms with E-state index in [0.29, 0.717) is 30.9 Å². The van der Waals surface area contributed by atoms with Crippen LogP contribution < -0.4 is 9.47 Å². The summed E-state index contributed by atoms with van der Waals surface area (Å²) in [6.07, 6.45) is 6.87. The van der Waals surface area contributed by atoms with Gasteiger partial charge in [-0.1, -0.05) is 30.3 Å². The fraction of sp³-hybridized carbons (Fsp3) is 0.226. The van der Waals surface area contributed by atoms with Crippen LogP contribution in [-0.2, 0) is 17.7 Å². The lowest BCUT2D eigenvalue weighted by Gasteiger charge is -2.20. The molecule has 1 aromatic heterocycles. The number of hydrogen-bond acceptors (Lipinski definition) is 5. The largest absolute Gasteiger partial charge is 0.496 e. The van der Waals surface area contributed by atoms with Crippen molar-refractivity contribution in [1.29, 1.82) is 0 Å². The molecule has 0 amide bonds. The molecule has 1 heterocycles. The van der Waals surface area contributed by atoms with Crippen LogP contribution in [0.1, 0.15) is 50.2 Å². The summed E-state index contributed by atoms with van der Waals surface area (Å²) in [5.74, 6) is 0.115. The number of rotatable bonds is 9. The SMILES string of the molecule is COC(=O)c1cccc(OCCCn2cc(C3=CCCc4c(OC)cccc43)c3ccc(C(=O)O)cc32)c1. The topological polar surface area (TPSA) is 87.0 Å². The van der Waals surface area contributed by atoms with Gasteiger partial charge in [-0.05, 0) is 66.8 Å². The van der Waals surface area contributed by atoms with Crippen molar-refractivity contribution < 1.29 is 28.9 Å². The maximum atomic E-state index is 11.8. The summed E-state index contributed by atoms with van der Waals surface area (Å²) in [6, 6.07) is 18.3. The number of fused-ring (bicyclic) bond motifs is 2. The third kappa shape index (κ3) is 4.87. The maximum absolute atomic E-state index is 11.8. The van der Waals surface area contributed by atoms with Crippen molar-refractivity contribution in [3.8, 4) is 11.5 Å². The van der Waals surface area contributed by atoms with Gasteiger partial charge < -0.3 is 23.9 Å². The number of ether oxygens (including phenoxy) is 3. The minimum Gasteiger partial charge on any atom is -0.496 e. The number of esters is 1. The van der Waals surface area contributed by atoms with E-state index in [1.54, 1.807) is 43.5 Å². The molecule has 0 fully saturated rings. The highest BCUT2D eigenvalue weighted by atomic mass is 16.5. The van der Waals surface area contributed by atoms with Gasteiger partial charge in [0.2, 0.25) is 0 Å². The van der Waals surface area contributed by atoms with E-state index in [0.717, 1.165) is 46.2 Å². The number of aryl methyl sites for hydroxylation is 1. The zero-order chi connectivity index (χ0) is 26.6. The van der Waals surface area contributed by atoms with Crippen molar-refractivity contribution >= 4 is 28.4 Å². The fourth-order valence-corrected chi connectivity index (χ4v) is 5.07. The minimum atomic E-state index is -0.956. The molecular formula is C31H29NO6. The molecule has 1 aliphatic carbocycles. The number of carbonyl (C=O) groups excluding carboxylic acids is 1. The molecule has 0 spiro atoms. The number of benzene rings is 3. The van der Waals surface area contributed by atoms with Crippen LogP contribution in [0.5, 0.6) is 11.5 Å². The first-order chi connectivity index (χ1) is 18.5. The van der Waals surface area contributed by atoms with Crippen molar-refractivity contribution in [3.05, 3.63) is 101 Å². The quantitative estimate of drug-likeness (QED) is 0.220. The minimum absolute atomic E-state index is 0.249. The second-order valence-corrected chi connectivity index (χ2v) is 9.14. The lowest BCUT2D eigenvalue weighted by Crippen LogP contribution is -2.06. The van der Waals surface area contributed by atoms with Gasteiger partial charge in [0.25, 0.3) is 0 Å².